The van der Waals surface area contributed by atoms with Gasteiger partial charge in [-0.05, 0) is 84.8 Å². The Bertz CT molecular complexity index is 3320. The minimum absolute atomic E-state index is 0. The maximum absolute atomic E-state index is 6.73. The van der Waals surface area contributed by atoms with Crippen LogP contribution in [0.2, 0.25) is 17.3 Å². The topological polar surface area (TPSA) is 69.6 Å². The number of rotatable bonds is 6. The van der Waals surface area contributed by atoms with E-state index < -0.39 is 13.3 Å². The smallest absolute Gasteiger partial charge is 0 e. The third-order valence-corrected chi connectivity index (χ3v) is 17.2. The Kier molecular flexibility index (Phi) is 12.7. The van der Waals surface area contributed by atoms with Gasteiger partial charge in [-0.1, -0.05) is 87.4 Å². The first kappa shape index (κ1) is 45.4. The number of nitrogens with zero attached hydrogens (tertiary/aromatic N) is 5. The summed E-state index contributed by atoms with van der Waals surface area (Å²) in [6, 6.07) is 53.5. The van der Waals surface area contributed by atoms with E-state index in [4.69, 9.17) is 19.4 Å². The molecule has 0 N–H and O–H groups in total. The molecule has 0 aliphatic heterocycles. The Hall–Kier alpha value is -5.73. The van der Waals surface area contributed by atoms with E-state index in [1.807, 2.05) is 43.5 Å². The van der Waals surface area contributed by atoms with E-state index >= 15 is 0 Å². The minimum atomic E-state index is -1.72. The fourth-order valence-corrected chi connectivity index (χ4v) is 11.5. The number of aryl methyl sites for hydroxylation is 1. The molecule has 0 bridgehead atoms. The Labute approximate surface area is 404 Å². The first-order valence-corrected chi connectivity index (χ1v) is 30.4. The van der Waals surface area contributed by atoms with Crippen LogP contribution in [0.3, 0.4) is 0 Å². The predicted octanol–water partition coefficient (Wildman–Crippen LogP) is 14.7. The zero-order valence-corrected chi connectivity index (χ0v) is 43.4. The van der Waals surface area contributed by atoms with Gasteiger partial charge in [0.2, 0.25) is 5.71 Å². The largest absolute Gasteiger partial charge is 0 e. The van der Waals surface area contributed by atoms with E-state index in [0.29, 0.717) is 11.6 Å². The van der Waals surface area contributed by atoms with Crippen LogP contribution in [0.4, 0.5) is 0 Å². The van der Waals surface area contributed by atoms with Crippen molar-refractivity contribution in [2.24, 2.45) is 0 Å². The fourth-order valence-electron chi connectivity index (χ4n) is 9.30. The molecule has 1 aliphatic rings. The van der Waals surface area contributed by atoms with Gasteiger partial charge in [0.1, 0.15) is 0 Å². The van der Waals surface area contributed by atoms with E-state index in [1.54, 1.807) is 0 Å². The van der Waals surface area contributed by atoms with Crippen molar-refractivity contribution in [2.75, 3.05) is 0 Å². The van der Waals surface area contributed by atoms with Crippen LogP contribution in [0, 0.1) is 19.1 Å². The van der Waals surface area contributed by atoms with Gasteiger partial charge in [0.15, 0.2) is 0 Å². The summed E-state index contributed by atoms with van der Waals surface area (Å²) in [5.74, 6) is 8.42. The van der Waals surface area contributed by atoms with Crippen molar-refractivity contribution >= 4 is 61.7 Å². The molecule has 10 aromatic rings. The van der Waals surface area contributed by atoms with Crippen LogP contribution in [0.15, 0.2) is 144 Å². The molecule has 1 aliphatic carbocycles. The molecule has 8 heteroatoms. The van der Waals surface area contributed by atoms with Gasteiger partial charge < -0.3 is 8.98 Å². The van der Waals surface area contributed by atoms with Gasteiger partial charge in [0.25, 0.3) is 0 Å². The second kappa shape index (κ2) is 18.5. The van der Waals surface area contributed by atoms with Crippen LogP contribution in [-0.2, 0) is 25.5 Å². The third kappa shape index (κ3) is 8.93. The predicted molar refractivity (Wildman–Crippen MR) is 272 cm³/mol. The maximum Gasteiger partial charge on any atom is 0 e. The van der Waals surface area contributed by atoms with Crippen LogP contribution < -0.4 is 4.40 Å². The molecular weight excluding hydrogens is 1050 g/mol. The Morgan fingerprint density at radius 1 is 0.697 bits per heavy atom. The number of fused-ring (bicyclic) bond motifs is 6. The first-order valence-electron chi connectivity index (χ1n) is 23.1. The van der Waals surface area contributed by atoms with Crippen molar-refractivity contribution in [3.05, 3.63) is 169 Å². The maximum atomic E-state index is 6.73. The van der Waals surface area contributed by atoms with E-state index in [-0.39, 0.29) is 25.5 Å². The molecular formula is C58H55GeIrN5O-2. The second-order valence-electron chi connectivity index (χ2n) is 19.7. The molecule has 0 saturated heterocycles. The molecule has 0 unspecified atom stereocenters. The van der Waals surface area contributed by atoms with E-state index in [1.165, 1.54) is 42.1 Å². The fraction of sp³-hybridized carbons (Fsp3) is 0.241. The summed E-state index contributed by atoms with van der Waals surface area (Å²) in [4.78, 5) is 19.9. The zero-order chi connectivity index (χ0) is 44.9. The van der Waals surface area contributed by atoms with Crippen LogP contribution in [0.1, 0.15) is 75.7 Å². The SMILES string of the molecule is Cc1ccc2c(ccc3nc(-c4[c-]ccc5c4oc4nc(C6CCCCC6)ccc45)n(-c4ccc(C(C)(C)C)cc4-c4ccccc4)c32)n1.[CH3][Ge]([CH3])([CH3])[c]1ccc(-c2[c-]cccc2)nc1.[Ir]. The molecule has 5 aromatic heterocycles. The van der Waals surface area contributed by atoms with Gasteiger partial charge in [0.05, 0.1) is 28.0 Å². The molecule has 11 rings (SSSR count). The summed E-state index contributed by atoms with van der Waals surface area (Å²) >= 11 is -1.72. The number of furan rings is 1. The van der Waals surface area contributed by atoms with Crippen LogP contribution in [-0.4, -0.2) is 37.8 Å². The molecule has 6 nitrogen and oxygen atoms in total. The van der Waals surface area contributed by atoms with Crippen molar-refractivity contribution in [3.8, 4) is 39.5 Å². The summed E-state index contributed by atoms with van der Waals surface area (Å²) in [6.07, 6.45) is 8.29. The van der Waals surface area contributed by atoms with Gasteiger partial charge in [-0.25, -0.2) is 4.98 Å². The number of aromatic nitrogens is 5. The number of hydrogen-bond acceptors (Lipinski definition) is 5. The summed E-state index contributed by atoms with van der Waals surface area (Å²) in [6.45, 7) is 8.83. The van der Waals surface area contributed by atoms with E-state index in [9.17, 15) is 0 Å². The number of pyridine rings is 3. The van der Waals surface area contributed by atoms with Crippen molar-refractivity contribution in [1.29, 1.82) is 0 Å². The molecule has 1 radical (unpaired) electrons. The second-order valence-corrected chi connectivity index (χ2v) is 30.3. The van der Waals surface area contributed by atoms with Gasteiger partial charge >= 0.3 is 99.8 Å². The standard InChI is InChI=1S/C44H39N4O.C14H16GeN.Ir/c1-27-18-20-33-37(45-27)23-24-38-40(33)48(39-25-19-30(44(2,3)4)26-35(39)28-12-7-5-8-13-28)42(46-38)34-17-11-16-31-32-21-22-36(29-14-9-6-10-15-29)47-43(32)49-41(31)34;1-15(2,3)13-9-10-14(16-11-13)12-7-5-4-6-8-12;/h5,7-8,11-13,16,18-26,29H,6,9-10,14-15H2,1-4H3;4-7,9-11H,1-3H3;/q2*-1;. The number of imidazole rings is 1. The summed E-state index contributed by atoms with van der Waals surface area (Å²) in [5.41, 5.74) is 13.9. The van der Waals surface area contributed by atoms with Crippen molar-refractivity contribution in [3.63, 3.8) is 0 Å². The molecule has 5 aromatic carbocycles. The van der Waals surface area contributed by atoms with Gasteiger partial charge in [-0.3, -0.25) is 9.97 Å². The van der Waals surface area contributed by atoms with E-state index in [2.05, 4.69) is 163 Å². The Balaban J connectivity index is 0.000000273. The van der Waals surface area contributed by atoms with Crippen molar-refractivity contribution in [1.82, 2.24) is 24.5 Å². The molecule has 1 fully saturated rings. The molecule has 5 heterocycles. The monoisotopic (exact) mass is 1100 g/mol. The first-order chi connectivity index (χ1) is 31.4. The van der Waals surface area contributed by atoms with Gasteiger partial charge in [-0.15, -0.1) is 18.2 Å². The average Bonchev–Trinajstić information content (AvgIpc) is 3.91. The zero-order valence-electron chi connectivity index (χ0n) is 38.9. The Morgan fingerprint density at radius 3 is 2.20 bits per heavy atom. The molecule has 1 saturated carbocycles. The third-order valence-electron chi connectivity index (χ3n) is 13.0. The molecule has 66 heavy (non-hydrogen) atoms. The van der Waals surface area contributed by atoms with Gasteiger partial charge in [-0.2, -0.15) is 0 Å². The molecule has 0 atom stereocenters. The van der Waals surface area contributed by atoms with E-state index in [0.717, 1.165) is 89.1 Å². The Morgan fingerprint density at radius 2 is 1.47 bits per heavy atom. The van der Waals surface area contributed by atoms with Crippen LogP contribution in [0.25, 0.3) is 83.5 Å². The number of benzene rings is 5. The molecule has 0 amide bonds. The van der Waals surface area contributed by atoms with Crippen molar-refractivity contribution in [2.45, 2.75) is 88.4 Å². The van der Waals surface area contributed by atoms with Crippen molar-refractivity contribution < 1.29 is 24.5 Å². The quantitative estimate of drug-likeness (QED) is 0.123. The average molecular weight is 1100 g/mol. The molecule has 0 spiro atoms. The molecule has 333 valence electrons. The van der Waals surface area contributed by atoms with Crippen LogP contribution >= 0.6 is 0 Å². The van der Waals surface area contributed by atoms with Crippen LogP contribution in [0.5, 0.6) is 0 Å². The van der Waals surface area contributed by atoms with Gasteiger partial charge in [0, 0.05) is 59.4 Å². The summed E-state index contributed by atoms with van der Waals surface area (Å²) < 4.78 is 10.5. The number of hydrogen-bond donors (Lipinski definition) is 0. The summed E-state index contributed by atoms with van der Waals surface area (Å²) in [7, 11) is 0. The minimum Gasteiger partial charge on any atom is 0 e. The summed E-state index contributed by atoms with van der Waals surface area (Å²) in [5, 5.41) is 3.10. The normalized spacial score (nSPS) is 13.5.